The summed E-state index contributed by atoms with van der Waals surface area (Å²) in [4.78, 5) is 24.0. The monoisotopic (exact) mass is 273 g/mol. The number of nitrogens with one attached hydrogen (secondary N) is 1. The molecule has 7 heteroatoms. The lowest BCUT2D eigenvalue weighted by atomic mass is 10.2. The molecular formula is C10H9Cl2N3O2. The van der Waals surface area contributed by atoms with Crippen molar-refractivity contribution in [2.75, 3.05) is 23.7 Å². The van der Waals surface area contributed by atoms with Crippen LogP contribution in [0.4, 0.5) is 11.4 Å². The molecular weight excluding hydrogens is 265 g/mol. The van der Waals surface area contributed by atoms with Gasteiger partial charge >= 0.3 is 0 Å². The van der Waals surface area contributed by atoms with Gasteiger partial charge in [-0.05, 0) is 12.1 Å². The maximum absolute atomic E-state index is 11.3. The third-order valence-corrected chi connectivity index (χ3v) is 2.88. The molecule has 0 bridgehead atoms. The van der Waals surface area contributed by atoms with Crippen LogP contribution >= 0.6 is 23.2 Å². The van der Waals surface area contributed by atoms with E-state index in [4.69, 9.17) is 28.9 Å². The van der Waals surface area contributed by atoms with Crippen LogP contribution in [0.2, 0.25) is 10.0 Å². The maximum Gasteiger partial charge on any atom is 0.246 e. The number of piperazine rings is 1. The Balaban J connectivity index is 2.40. The van der Waals surface area contributed by atoms with Gasteiger partial charge < -0.3 is 10.6 Å². The first kappa shape index (κ1) is 12.0. The number of hydrogen-bond acceptors (Lipinski definition) is 4. The lowest BCUT2D eigenvalue weighted by Crippen LogP contribution is -2.51. The van der Waals surface area contributed by atoms with E-state index in [0.29, 0.717) is 21.4 Å². The summed E-state index contributed by atoms with van der Waals surface area (Å²) in [5.74, 6) is -0.768. The van der Waals surface area contributed by atoms with Crippen molar-refractivity contribution >= 4 is 46.4 Å². The fraction of sp³-hybridized carbons (Fsp3) is 0.200. The highest BCUT2D eigenvalue weighted by Gasteiger charge is 2.25. The van der Waals surface area contributed by atoms with Gasteiger partial charge in [0, 0.05) is 5.69 Å². The van der Waals surface area contributed by atoms with E-state index in [1.807, 2.05) is 0 Å². The molecule has 0 spiro atoms. The van der Waals surface area contributed by atoms with Crippen molar-refractivity contribution in [3.05, 3.63) is 22.2 Å². The second kappa shape index (κ2) is 4.43. The van der Waals surface area contributed by atoms with E-state index in [0.717, 1.165) is 0 Å². The van der Waals surface area contributed by atoms with Crippen LogP contribution in [0.1, 0.15) is 0 Å². The van der Waals surface area contributed by atoms with E-state index < -0.39 is 0 Å². The summed E-state index contributed by atoms with van der Waals surface area (Å²) in [6.45, 7) is 0.0736. The van der Waals surface area contributed by atoms with E-state index in [2.05, 4.69) is 5.32 Å². The molecule has 1 aliphatic rings. The quantitative estimate of drug-likeness (QED) is 0.592. The Kier molecular flexibility index (Phi) is 3.13. The molecule has 1 heterocycles. The number of anilines is 2. The molecule has 0 radical (unpaired) electrons. The SMILES string of the molecule is Nc1cc(Cl)c(N2CC(=O)NC(=O)C2)c(Cl)c1. The van der Waals surface area contributed by atoms with E-state index in [-0.39, 0.29) is 24.9 Å². The van der Waals surface area contributed by atoms with Gasteiger partial charge in [0.15, 0.2) is 0 Å². The summed E-state index contributed by atoms with van der Waals surface area (Å²) in [6.07, 6.45) is 0. The number of hydrogen-bond donors (Lipinski definition) is 2. The molecule has 1 aromatic rings. The molecule has 3 N–H and O–H groups in total. The van der Waals surface area contributed by atoms with Gasteiger partial charge in [0.2, 0.25) is 11.8 Å². The van der Waals surface area contributed by atoms with Gasteiger partial charge in [0.25, 0.3) is 0 Å². The molecule has 0 unspecified atom stereocenters. The highest BCUT2D eigenvalue weighted by atomic mass is 35.5. The van der Waals surface area contributed by atoms with Crippen molar-refractivity contribution in [2.45, 2.75) is 0 Å². The van der Waals surface area contributed by atoms with Crippen LogP contribution < -0.4 is 16.0 Å². The lowest BCUT2D eigenvalue weighted by Gasteiger charge is -2.29. The van der Waals surface area contributed by atoms with E-state index >= 15 is 0 Å². The Hall–Kier alpha value is -1.46. The fourth-order valence-corrected chi connectivity index (χ4v) is 2.43. The van der Waals surface area contributed by atoms with Gasteiger partial charge in [-0.15, -0.1) is 0 Å². The van der Waals surface area contributed by atoms with Crippen molar-refractivity contribution in [1.29, 1.82) is 0 Å². The Morgan fingerprint density at radius 3 is 2.06 bits per heavy atom. The number of carbonyl (C=O) groups excluding carboxylic acids is 2. The van der Waals surface area contributed by atoms with Crippen molar-refractivity contribution in [2.24, 2.45) is 0 Å². The largest absolute Gasteiger partial charge is 0.399 e. The zero-order chi connectivity index (χ0) is 12.6. The second-order valence-corrected chi connectivity index (χ2v) is 4.47. The number of nitrogens with two attached hydrogens (primary N) is 1. The molecule has 90 valence electrons. The zero-order valence-electron chi connectivity index (χ0n) is 8.67. The highest BCUT2D eigenvalue weighted by Crippen LogP contribution is 2.36. The summed E-state index contributed by atoms with van der Waals surface area (Å²) in [6, 6.07) is 3.06. The second-order valence-electron chi connectivity index (χ2n) is 3.66. The van der Waals surface area contributed by atoms with Crippen molar-refractivity contribution in [3.8, 4) is 0 Å². The van der Waals surface area contributed by atoms with Gasteiger partial charge in [-0.3, -0.25) is 14.9 Å². The molecule has 0 atom stereocenters. The van der Waals surface area contributed by atoms with Crippen molar-refractivity contribution < 1.29 is 9.59 Å². The van der Waals surface area contributed by atoms with Gasteiger partial charge in [-0.1, -0.05) is 23.2 Å². The molecule has 2 amide bonds. The number of carbonyl (C=O) groups is 2. The topological polar surface area (TPSA) is 75.4 Å². The normalized spacial score (nSPS) is 16.0. The number of benzene rings is 1. The Morgan fingerprint density at radius 1 is 1.12 bits per heavy atom. The molecule has 1 aliphatic heterocycles. The van der Waals surface area contributed by atoms with Gasteiger partial charge in [0.05, 0.1) is 28.8 Å². The van der Waals surface area contributed by atoms with E-state index in [1.165, 1.54) is 17.0 Å². The number of imide groups is 1. The third kappa shape index (κ3) is 2.45. The molecule has 0 aromatic heterocycles. The van der Waals surface area contributed by atoms with Crippen LogP contribution in [-0.4, -0.2) is 24.9 Å². The average Bonchev–Trinajstić information content (AvgIpc) is 2.13. The minimum Gasteiger partial charge on any atom is -0.399 e. The zero-order valence-corrected chi connectivity index (χ0v) is 10.2. The van der Waals surface area contributed by atoms with Gasteiger partial charge in [0.1, 0.15) is 0 Å². The predicted molar refractivity (Wildman–Crippen MR) is 66.2 cm³/mol. The molecule has 5 nitrogen and oxygen atoms in total. The third-order valence-electron chi connectivity index (χ3n) is 2.30. The predicted octanol–water partition coefficient (Wildman–Crippen LogP) is 1.04. The van der Waals surface area contributed by atoms with Crippen molar-refractivity contribution in [3.63, 3.8) is 0 Å². The van der Waals surface area contributed by atoms with Crippen LogP contribution in [0.5, 0.6) is 0 Å². The molecule has 0 aliphatic carbocycles. The first-order chi connectivity index (χ1) is 7.97. The standard InChI is InChI=1S/C10H9Cl2N3O2/c11-6-1-5(13)2-7(12)10(6)15-3-8(16)14-9(17)4-15/h1-2H,3-4,13H2,(H,14,16,17). The smallest absolute Gasteiger partial charge is 0.246 e. The summed E-state index contributed by atoms with van der Waals surface area (Å²) in [5.41, 5.74) is 6.46. The summed E-state index contributed by atoms with van der Waals surface area (Å²) in [5, 5.41) is 2.83. The minimum absolute atomic E-state index is 0.0368. The fourth-order valence-electron chi connectivity index (χ4n) is 1.68. The molecule has 17 heavy (non-hydrogen) atoms. The van der Waals surface area contributed by atoms with E-state index in [9.17, 15) is 9.59 Å². The molecule has 1 saturated heterocycles. The van der Waals surface area contributed by atoms with Crippen LogP contribution in [-0.2, 0) is 9.59 Å². The van der Waals surface area contributed by atoms with Crippen LogP contribution in [0, 0.1) is 0 Å². The first-order valence-electron chi connectivity index (χ1n) is 4.79. The number of halogens is 2. The molecule has 0 saturated carbocycles. The summed E-state index contributed by atoms with van der Waals surface area (Å²) in [7, 11) is 0. The van der Waals surface area contributed by atoms with Crippen molar-refractivity contribution in [1.82, 2.24) is 5.32 Å². The Labute approximate surface area is 107 Å². The lowest BCUT2D eigenvalue weighted by molar-refractivity contribution is -0.130. The van der Waals surface area contributed by atoms with Gasteiger partial charge in [-0.2, -0.15) is 0 Å². The molecule has 1 aromatic carbocycles. The van der Waals surface area contributed by atoms with Crippen LogP contribution in [0.15, 0.2) is 12.1 Å². The number of nitrogens with zero attached hydrogens (tertiary/aromatic N) is 1. The molecule has 1 fully saturated rings. The van der Waals surface area contributed by atoms with E-state index in [1.54, 1.807) is 0 Å². The number of nitrogen functional groups attached to an aromatic ring is 1. The summed E-state index contributed by atoms with van der Waals surface area (Å²) < 4.78 is 0. The van der Waals surface area contributed by atoms with Crippen LogP contribution in [0.25, 0.3) is 0 Å². The minimum atomic E-state index is -0.384. The Morgan fingerprint density at radius 2 is 1.59 bits per heavy atom. The van der Waals surface area contributed by atoms with Gasteiger partial charge in [-0.25, -0.2) is 0 Å². The first-order valence-corrected chi connectivity index (χ1v) is 5.55. The number of amides is 2. The highest BCUT2D eigenvalue weighted by molar-refractivity contribution is 6.39. The number of rotatable bonds is 1. The Bertz CT molecular complexity index is 465. The molecule has 2 rings (SSSR count). The summed E-state index contributed by atoms with van der Waals surface area (Å²) >= 11 is 12.0. The average molecular weight is 274 g/mol. The maximum atomic E-state index is 11.3. The van der Waals surface area contributed by atoms with Crippen LogP contribution in [0.3, 0.4) is 0 Å².